The monoisotopic (exact) mass is 286 g/mol. The minimum Gasteiger partial charge on any atom is -0.395 e. The number of aliphatic hydroxyl groups excluding tert-OH is 1. The van der Waals surface area contributed by atoms with Crippen molar-refractivity contribution < 1.29 is 14.7 Å². The highest BCUT2D eigenvalue weighted by molar-refractivity contribution is 6.18. The number of nitrogens with one attached hydrogen (secondary N) is 3. The van der Waals surface area contributed by atoms with E-state index >= 15 is 0 Å². The van der Waals surface area contributed by atoms with Crippen molar-refractivity contribution in [3.63, 3.8) is 0 Å². The van der Waals surface area contributed by atoms with Gasteiger partial charge in [-0.2, -0.15) is 5.10 Å². The summed E-state index contributed by atoms with van der Waals surface area (Å²) in [6, 6.07) is 3.64. The molecule has 2 aromatic rings. The Morgan fingerprint density at radius 3 is 3.00 bits per heavy atom. The highest BCUT2D eigenvalue weighted by atomic mass is 16.3. The van der Waals surface area contributed by atoms with E-state index in [1.54, 1.807) is 6.07 Å². The second-order valence-electron chi connectivity index (χ2n) is 4.83. The number of aryl methyl sites for hydroxylation is 1. The van der Waals surface area contributed by atoms with Gasteiger partial charge in [0.25, 0.3) is 11.8 Å². The predicted octanol–water partition coefficient (Wildman–Crippen LogP) is 0.276. The summed E-state index contributed by atoms with van der Waals surface area (Å²) in [7, 11) is 0. The first kappa shape index (κ1) is 13.3. The van der Waals surface area contributed by atoms with E-state index in [0.29, 0.717) is 27.7 Å². The molecule has 3 rings (SSSR count). The summed E-state index contributed by atoms with van der Waals surface area (Å²) >= 11 is 0. The van der Waals surface area contributed by atoms with Gasteiger partial charge >= 0.3 is 0 Å². The summed E-state index contributed by atoms with van der Waals surface area (Å²) in [4.78, 5) is 27.2. The third kappa shape index (κ3) is 2.17. The van der Waals surface area contributed by atoms with Crippen molar-refractivity contribution in [2.24, 2.45) is 5.10 Å². The smallest absolute Gasteiger partial charge is 0.272 e. The first-order chi connectivity index (χ1) is 10.1. The van der Waals surface area contributed by atoms with Crippen LogP contribution >= 0.6 is 0 Å². The summed E-state index contributed by atoms with van der Waals surface area (Å²) in [5.41, 5.74) is 5.40. The minimum absolute atomic E-state index is 0.139. The van der Waals surface area contributed by atoms with Crippen LogP contribution in [-0.2, 0) is 0 Å². The maximum absolute atomic E-state index is 12.1. The lowest BCUT2D eigenvalue weighted by Crippen LogP contribution is -2.27. The summed E-state index contributed by atoms with van der Waals surface area (Å²) in [6.45, 7) is 1.90. The molecule has 4 N–H and O–H groups in total. The Hall–Kier alpha value is -2.67. The molecule has 0 bridgehead atoms. The summed E-state index contributed by atoms with van der Waals surface area (Å²) in [6.07, 6.45) is 1.45. The molecule has 0 aliphatic carbocycles. The van der Waals surface area contributed by atoms with Crippen LogP contribution in [0.3, 0.4) is 0 Å². The van der Waals surface area contributed by atoms with Crippen molar-refractivity contribution in [1.82, 2.24) is 15.7 Å². The zero-order valence-electron chi connectivity index (χ0n) is 11.4. The third-order valence-electron chi connectivity index (χ3n) is 3.31. The van der Waals surface area contributed by atoms with Crippen molar-refractivity contribution in [2.75, 3.05) is 13.2 Å². The van der Waals surface area contributed by atoms with Crippen LogP contribution in [0.1, 0.15) is 32.0 Å². The topological polar surface area (TPSA) is 107 Å². The average Bonchev–Trinajstić information content (AvgIpc) is 2.73. The first-order valence-corrected chi connectivity index (χ1v) is 6.50. The van der Waals surface area contributed by atoms with Gasteiger partial charge in [-0.05, 0) is 24.6 Å². The van der Waals surface area contributed by atoms with Crippen molar-refractivity contribution in [3.05, 3.63) is 34.5 Å². The molecular formula is C14H14N4O3. The molecule has 0 spiro atoms. The SMILES string of the molecule is Cc1cc2c3c(c(C(=O)NCCO)[nH]c3c1)C=NNC2=O. The van der Waals surface area contributed by atoms with Gasteiger partial charge in [0.2, 0.25) is 0 Å². The quantitative estimate of drug-likeness (QED) is 0.651. The van der Waals surface area contributed by atoms with Gasteiger partial charge in [-0.3, -0.25) is 9.59 Å². The molecule has 7 nitrogen and oxygen atoms in total. The van der Waals surface area contributed by atoms with Crippen LogP contribution in [0.5, 0.6) is 0 Å². The lowest BCUT2D eigenvalue weighted by Gasteiger charge is -2.02. The van der Waals surface area contributed by atoms with E-state index < -0.39 is 0 Å². The maximum atomic E-state index is 12.1. The summed E-state index contributed by atoms with van der Waals surface area (Å²) in [5, 5.41) is 15.9. The Kier molecular flexibility index (Phi) is 3.19. The van der Waals surface area contributed by atoms with Crippen molar-refractivity contribution in [2.45, 2.75) is 6.92 Å². The number of hydrazone groups is 1. The Labute approximate surface area is 120 Å². The van der Waals surface area contributed by atoms with Crippen LogP contribution in [0.25, 0.3) is 10.9 Å². The fourth-order valence-electron chi connectivity index (χ4n) is 2.46. The lowest BCUT2D eigenvalue weighted by molar-refractivity contribution is 0.0937. The second-order valence-corrected chi connectivity index (χ2v) is 4.83. The standard InChI is InChI=1S/C14H14N4O3/c1-7-4-8-11-9(6-16-18-13(8)20)12(17-10(11)5-7)14(21)15-2-3-19/h4-6,17,19H,2-3H2,1H3,(H,15,21)(H,18,20). The van der Waals surface area contributed by atoms with E-state index in [4.69, 9.17) is 5.11 Å². The normalized spacial score (nSPS) is 13.1. The zero-order chi connectivity index (χ0) is 15.0. The number of rotatable bonds is 3. The highest BCUT2D eigenvalue weighted by Crippen LogP contribution is 2.27. The zero-order valence-corrected chi connectivity index (χ0v) is 11.4. The van der Waals surface area contributed by atoms with Crippen molar-refractivity contribution >= 4 is 28.9 Å². The van der Waals surface area contributed by atoms with Crippen LogP contribution in [0, 0.1) is 6.92 Å². The van der Waals surface area contributed by atoms with E-state index in [1.165, 1.54) is 6.21 Å². The second kappa shape index (κ2) is 5.02. The molecule has 108 valence electrons. The molecule has 0 radical (unpaired) electrons. The molecular weight excluding hydrogens is 272 g/mol. The third-order valence-corrected chi connectivity index (χ3v) is 3.31. The molecule has 0 unspecified atom stereocenters. The molecule has 0 fully saturated rings. The fraction of sp³-hybridized carbons (Fsp3) is 0.214. The van der Waals surface area contributed by atoms with E-state index in [2.05, 4.69) is 20.8 Å². The fourth-order valence-corrected chi connectivity index (χ4v) is 2.46. The van der Waals surface area contributed by atoms with Gasteiger partial charge in [0.15, 0.2) is 0 Å². The van der Waals surface area contributed by atoms with E-state index in [0.717, 1.165) is 5.56 Å². The van der Waals surface area contributed by atoms with Crippen LogP contribution in [0.2, 0.25) is 0 Å². The van der Waals surface area contributed by atoms with Gasteiger partial charge in [-0.25, -0.2) is 5.43 Å². The van der Waals surface area contributed by atoms with Crippen LogP contribution in [0.15, 0.2) is 17.2 Å². The van der Waals surface area contributed by atoms with Gasteiger partial charge in [0, 0.05) is 23.0 Å². The number of carbonyl (C=O) groups is 2. The van der Waals surface area contributed by atoms with Crippen molar-refractivity contribution in [1.29, 1.82) is 0 Å². The number of H-pyrrole nitrogens is 1. The van der Waals surface area contributed by atoms with E-state index in [1.807, 2.05) is 13.0 Å². The van der Waals surface area contributed by atoms with Crippen LogP contribution in [-0.4, -0.2) is 41.3 Å². The number of aromatic nitrogens is 1. The highest BCUT2D eigenvalue weighted by Gasteiger charge is 2.23. The molecule has 7 heteroatoms. The van der Waals surface area contributed by atoms with Crippen molar-refractivity contribution in [3.8, 4) is 0 Å². The number of carbonyl (C=O) groups excluding carboxylic acids is 2. The van der Waals surface area contributed by atoms with E-state index in [9.17, 15) is 9.59 Å². The van der Waals surface area contributed by atoms with Crippen LogP contribution in [0.4, 0.5) is 0 Å². The molecule has 21 heavy (non-hydrogen) atoms. The molecule has 1 aliphatic rings. The Morgan fingerprint density at radius 1 is 1.43 bits per heavy atom. The number of aliphatic hydroxyl groups is 1. The number of hydrogen-bond acceptors (Lipinski definition) is 4. The maximum Gasteiger partial charge on any atom is 0.272 e. The molecule has 0 atom stereocenters. The molecule has 1 aliphatic heterocycles. The van der Waals surface area contributed by atoms with Gasteiger partial charge in [-0.15, -0.1) is 0 Å². The van der Waals surface area contributed by atoms with Crippen LogP contribution < -0.4 is 10.7 Å². The van der Waals surface area contributed by atoms with E-state index in [-0.39, 0.29) is 25.0 Å². The first-order valence-electron chi connectivity index (χ1n) is 6.50. The molecule has 2 heterocycles. The minimum atomic E-state index is -0.348. The number of benzene rings is 1. The molecule has 2 amide bonds. The van der Waals surface area contributed by atoms with Gasteiger partial charge in [-0.1, -0.05) is 0 Å². The molecule has 1 aromatic carbocycles. The average molecular weight is 286 g/mol. The van der Waals surface area contributed by atoms with Gasteiger partial charge < -0.3 is 15.4 Å². The molecule has 0 saturated carbocycles. The largest absolute Gasteiger partial charge is 0.395 e. The summed E-state index contributed by atoms with van der Waals surface area (Å²) < 4.78 is 0. The predicted molar refractivity (Wildman–Crippen MR) is 77.5 cm³/mol. The number of aromatic amines is 1. The molecule has 1 aromatic heterocycles. The van der Waals surface area contributed by atoms with Gasteiger partial charge in [0.05, 0.1) is 18.4 Å². The Morgan fingerprint density at radius 2 is 2.24 bits per heavy atom. The number of nitrogens with zero attached hydrogens (tertiary/aromatic N) is 1. The Bertz CT molecular complexity index is 776. The number of amides is 2. The molecule has 0 saturated heterocycles. The number of hydrogen-bond donors (Lipinski definition) is 4. The lowest BCUT2D eigenvalue weighted by atomic mass is 10.0. The Balaban J connectivity index is 2.23. The summed E-state index contributed by atoms with van der Waals surface area (Å²) in [5.74, 6) is -0.653. The van der Waals surface area contributed by atoms with Gasteiger partial charge in [0.1, 0.15) is 5.69 Å².